The lowest BCUT2D eigenvalue weighted by Crippen LogP contribution is -2.46. The SMILES string of the molecule is CC(C)CON=C(c1ccccn1)C1CCN(C(=O)C2CCN(Cc3cnc(N)nc3)CC2)CC1. The highest BCUT2D eigenvalue weighted by Crippen LogP contribution is 2.26. The number of nitrogens with zero attached hydrogens (tertiary/aromatic N) is 6. The Labute approximate surface area is 207 Å². The van der Waals surface area contributed by atoms with E-state index in [1.165, 1.54) is 0 Å². The Morgan fingerprint density at radius 3 is 2.37 bits per heavy atom. The summed E-state index contributed by atoms with van der Waals surface area (Å²) in [6.07, 6.45) is 8.87. The molecule has 4 rings (SSSR count). The van der Waals surface area contributed by atoms with Crippen LogP contribution in [0.25, 0.3) is 0 Å². The van der Waals surface area contributed by atoms with Gasteiger partial charge in [0.05, 0.1) is 5.69 Å². The number of rotatable bonds is 8. The van der Waals surface area contributed by atoms with Crippen molar-refractivity contribution in [3.63, 3.8) is 0 Å². The normalized spacial score (nSPS) is 18.7. The second-order valence-electron chi connectivity index (χ2n) is 9.98. The molecule has 0 radical (unpaired) electrons. The number of hydrogen-bond donors (Lipinski definition) is 1. The monoisotopic (exact) mass is 479 g/mol. The van der Waals surface area contributed by atoms with Crippen LogP contribution >= 0.6 is 0 Å². The van der Waals surface area contributed by atoms with E-state index in [-0.39, 0.29) is 11.8 Å². The van der Waals surface area contributed by atoms with E-state index in [1.807, 2.05) is 18.2 Å². The molecule has 0 saturated carbocycles. The fraction of sp³-hybridized carbons (Fsp3) is 0.577. The number of piperidine rings is 2. The Balaban J connectivity index is 1.28. The quantitative estimate of drug-likeness (QED) is 0.458. The summed E-state index contributed by atoms with van der Waals surface area (Å²) in [6, 6.07) is 5.87. The summed E-state index contributed by atoms with van der Waals surface area (Å²) in [7, 11) is 0. The van der Waals surface area contributed by atoms with E-state index in [2.05, 4.69) is 43.8 Å². The molecule has 2 aromatic heterocycles. The molecule has 0 aliphatic carbocycles. The van der Waals surface area contributed by atoms with Crippen LogP contribution in [0.1, 0.15) is 50.8 Å². The molecule has 2 aliphatic rings. The van der Waals surface area contributed by atoms with Crippen molar-refractivity contribution in [2.75, 3.05) is 38.5 Å². The van der Waals surface area contributed by atoms with Gasteiger partial charge in [-0.15, -0.1) is 0 Å². The summed E-state index contributed by atoms with van der Waals surface area (Å²) in [4.78, 5) is 36.0. The molecule has 2 aliphatic heterocycles. The molecule has 9 heteroatoms. The van der Waals surface area contributed by atoms with E-state index in [9.17, 15) is 4.79 Å². The van der Waals surface area contributed by atoms with E-state index in [1.54, 1.807) is 18.6 Å². The first-order chi connectivity index (χ1) is 17.0. The van der Waals surface area contributed by atoms with Gasteiger partial charge in [0.1, 0.15) is 12.3 Å². The van der Waals surface area contributed by atoms with E-state index in [0.717, 1.165) is 75.4 Å². The molecular weight excluding hydrogens is 442 g/mol. The zero-order valence-corrected chi connectivity index (χ0v) is 20.8. The Morgan fingerprint density at radius 1 is 1.06 bits per heavy atom. The van der Waals surface area contributed by atoms with Crippen LogP contribution in [0.2, 0.25) is 0 Å². The summed E-state index contributed by atoms with van der Waals surface area (Å²) in [5.41, 5.74) is 8.39. The fourth-order valence-corrected chi connectivity index (χ4v) is 4.77. The molecular formula is C26H37N7O2. The van der Waals surface area contributed by atoms with Gasteiger partial charge in [0.15, 0.2) is 0 Å². The van der Waals surface area contributed by atoms with E-state index in [4.69, 9.17) is 10.6 Å². The van der Waals surface area contributed by atoms with Crippen LogP contribution in [0.3, 0.4) is 0 Å². The van der Waals surface area contributed by atoms with Crippen LogP contribution in [0, 0.1) is 17.8 Å². The van der Waals surface area contributed by atoms with Crippen LogP contribution in [-0.2, 0) is 16.2 Å². The first kappa shape index (κ1) is 25.0. The summed E-state index contributed by atoms with van der Waals surface area (Å²) in [5.74, 6) is 1.35. The fourth-order valence-electron chi connectivity index (χ4n) is 4.77. The van der Waals surface area contributed by atoms with Gasteiger partial charge in [0.25, 0.3) is 0 Å². The summed E-state index contributed by atoms with van der Waals surface area (Å²) in [5, 5.41) is 4.49. The van der Waals surface area contributed by atoms with Crippen LogP contribution < -0.4 is 5.73 Å². The second-order valence-corrected chi connectivity index (χ2v) is 9.98. The van der Waals surface area contributed by atoms with Gasteiger partial charge < -0.3 is 15.5 Å². The van der Waals surface area contributed by atoms with Crippen LogP contribution in [-0.4, -0.2) is 69.2 Å². The number of nitrogen functional groups attached to an aromatic ring is 1. The number of nitrogens with two attached hydrogens (primary N) is 1. The van der Waals surface area contributed by atoms with Crippen molar-refractivity contribution in [2.24, 2.45) is 22.9 Å². The number of carbonyl (C=O) groups excluding carboxylic acids is 1. The van der Waals surface area contributed by atoms with Crippen molar-refractivity contribution in [3.8, 4) is 0 Å². The minimum atomic E-state index is 0.101. The van der Waals surface area contributed by atoms with Gasteiger partial charge in [-0.2, -0.15) is 0 Å². The van der Waals surface area contributed by atoms with Gasteiger partial charge in [-0.25, -0.2) is 9.97 Å². The van der Waals surface area contributed by atoms with Gasteiger partial charge in [0.2, 0.25) is 11.9 Å². The number of hydrogen-bond acceptors (Lipinski definition) is 8. The minimum Gasteiger partial charge on any atom is -0.395 e. The topological polar surface area (TPSA) is 110 Å². The Hall–Kier alpha value is -3.07. The average Bonchev–Trinajstić information content (AvgIpc) is 2.89. The molecule has 2 fully saturated rings. The predicted octanol–water partition coefficient (Wildman–Crippen LogP) is 2.98. The number of anilines is 1. The van der Waals surface area contributed by atoms with E-state index < -0.39 is 0 Å². The third-order valence-electron chi connectivity index (χ3n) is 6.76. The highest BCUT2D eigenvalue weighted by molar-refractivity contribution is 6.00. The number of pyridine rings is 1. The number of likely N-dealkylation sites (tertiary alicyclic amines) is 2. The molecule has 0 bridgehead atoms. The number of aromatic nitrogens is 3. The van der Waals surface area contributed by atoms with Crippen molar-refractivity contribution in [1.82, 2.24) is 24.8 Å². The standard InChI is InChI=1S/C26H37N7O2/c1-19(2)18-35-31-24(23-5-3-4-10-28-23)21-8-13-33(14-9-21)25(34)22-6-11-32(12-7-22)17-20-15-29-26(27)30-16-20/h3-5,10,15-16,19,21-22H,6-9,11-14,17-18H2,1-2H3,(H2,27,29,30). The van der Waals surface area contributed by atoms with Gasteiger partial charge in [-0.05, 0) is 56.8 Å². The molecule has 0 unspecified atom stereocenters. The van der Waals surface area contributed by atoms with Crippen LogP contribution in [0.4, 0.5) is 5.95 Å². The van der Waals surface area contributed by atoms with Crippen molar-refractivity contribution in [1.29, 1.82) is 0 Å². The third kappa shape index (κ3) is 6.97. The predicted molar refractivity (Wildman–Crippen MR) is 135 cm³/mol. The first-order valence-corrected chi connectivity index (χ1v) is 12.7. The molecule has 0 atom stereocenters. The van der Waals surface area contributed by atoms with Gasteiger partial charge in [-0.1, -0.05) is 25.1 Å². The maximum Gasteiger partial charge on any atom is 0.225 e. The first-order valence-electron chi connectivity index (χ1n) is 12.7. The molecule has 0 spiro atoms. The van der Waals surface area contributed by atoms with E-state index >= 15 is 0 Å². The number of carbonyl (C=O) groups is 1. The van der Waals surface area contributed by atoms with Crippen molar-refractivity contribution >= 4 is 17.6 Å². The number of amides is 1. The molecule has 9 nitrogen and oxygen atoms in total. The van der Waals surface area contributed by atoms with Crippen LogP contribution in [0.5, 0.6) is 0 Å². The lowest BCUT2D eigenvalue weighted by atomic mass is 9.88. The lowest BCUT2D eigenvalue weighted by Gasteiger charge is -2.37. The zero-order valence-electron chi connectivity index (χ0n) is 20.8. The van der Waals surface area contributed by atoms with Crippen molar-refractivity contribution in [3.05, 3.63) is 48.0 Å². The molecule has 2 N–H and O–H groups in total. The van der Waals surface area contributed by atoms with Gasteiger partial charge in [-0.3, -0.25) is 14.7 Å². The molecule has 4 heterocycles. The Kier molecular flexibility index (Phi) is 8.63. The van der Waals surface area contributed by atoms with Crippen molar-refractivity contribution < 1.29 is 9.63 Å². The summed E-state index contributed by atoms with van der Waals surface area (Å²) < 4.78 is 0. The maximum atomic E-state index is 13.3. The Bertz CT molecular complexity index is 965. The molecule has 188 valence electrons. The van der Waals surface area contributed by atoms with Gasteiger partial charge in [0, 0.05) is 55.6 Å². The number of oxime groups is 1. The second kappa shape index (κ2) is 12.1. The third-order valence-corrected chi connectivity index (χ3v) is 6.76. The zero-order chi connectivity index (χ0) is 24.6. The summed E-state index contributed by atoms with van der Waals surface area (Å²) in [6.45, 7) is 8.90. The Morgan fingerprint density at radius 2 is 1.74 bits per heavy atom. The molecule has 0 aromatic carbocycles. The minimum absolute atomic E-state index is 0.101. The summed E-state index contributed by atoms with van der Waals surface area (Å²) >= 11 is 0. The molecule has 35 heavy (non-hydrogen) atoms. The highest BCUT2D eigenvalue weighted by atomic mass is 16.6. The van der Waals surface area contributed by atoms with Gasteiger partial charge >= 0.3 is 0 Å². The van der Waals surface area contributed by atoms with Crippen molar-refractivity contribution in [2.45, 2.75) is 46.1 Å². The van der Waals surface area contributed by atoms with E-state index in [0.29, 0.717) is 24.4 Å². The largest absolute Gasteiger partial charge is 0.395 e. The molecule has 2 aromatic rings. The highest BCUT2D eigenvalue weighted by Gasteiger charge is 2.32. The smallest absolute Gasteiger partial charge is 0.225 e. The lowest BCUT2D eigenvalue weighted by molar-refractivity contribution is -0.138. The molecule has 2 saturated heterocycles. The maximum absolute atomic E-state index is 13.3. The molecule has 1 amide bonds. The van der Waals surface area contributed by atoms with Crippen LogP contribution in [0.15, 0.2) is 41.9 Å². The average molecular weight is 480 g/mol.